The van der Waals surface area contributed by atoms with Gasteiger partial charge in [0.1, 0.15) is 0 Å². The smallest absolute Gasteiger partial charge is 0.0599 e. The number of rotatable bonds is 6. The molecule has 15 heavy (non-hydrogen) atoms. The number of piperidine rings is 1. The van der Waals surface area contributed by atoms with Crippen LogP contribution in [-0.2, 0) is 4.74 Å². The van der Waals surface area contributed by atoms with Gasteiger partial charge >= 0.3 is 0 Å². The van der Waals surface area contributed by atoms with E-state index in [9.17, 15) is 0 Å². The first-order valence-corrected chi connectivity index (χ1v) is 6.33. The van der Waals surface area contributed by atoms with Gasteiger partial charge in [0.25, 0.3) is 0 Å². The van der Waals surface area contributed by atoms with E-state index in [2.05, 4.69) is 18.7 Å². The Hall–Kier alpha value is -0.120. The molecule has 1 rings (SSSR count). The van der Waals surface area contributed by atoms with Crippen molar-refractivity contribution in [3.8, 4) is 0 Å². The average Bonchev–Trinajstić information content (AvgIpc) is 2.29. The highest BCUT2D eigenvalue weighted by Gasteiger charge is 2.21. The molecule has 3 heteroatoms. The van der Waals surface area contributed by atoms with Gasteiger partial charge < -0.3 is 15.4 Å². The van der Waals surface area contributed by atoms with Crippen molar-refractivity contribution in [1.29, 1.82) is 0 Å². The second-order valence-electron chi connectivity index (χ2n) is 4.51. The van der Waals surface area contributed by atoms with E-state index in [1.807, 2.05) is 0 Å². The number of ether oxygens (including phenoxy) is 1. The molecule has 0 radical (unpaired) electrons. The molecule has 1 atom stereocenters. The fourth-order valence-electron chi connectivity index (χ4n) is 2.07. The second-order valence-corrected chi connectivity index (χ2v) is 4.51. The molecule has 1 unspecified atom stereocenters. The zero-order chi connectivity index (χ0) is 11.1. The van der Waals surface area contributed by atoms with Gasteiger partial charge in [0.15, 0.2) is 0 Å². The van der Waals surface area contributed by atoms with Crippen LogP contribution in [0, 0.1) is 0 Å². The Kier molecular flexibility index (Phi) is 6.22. The molecule has 1 aliphatic heterocycles. The number of hydrogen-bond acceptors (Lipinski definition) is 3. The highest BCUT2D eigenvalue weighted by Crippen LogP contribution is 2.17. The zero-order valence-electron chi connectivity index (χ0n) is 10.2. The van der Waals surface area contributed by atoms with Crippen molar-refractivity contribution in [3.05, 3.63) is 0 Å². The van der Waals surface area contributed by atoms with Gasteiger partial charge in [0.05, 0.1) is 6.10 Å². The number of likely N-dealkylation sites (tertiary alicyclic amines) is 1. The fourth-order valence-corrected chi connectivity index (χ4v) is 2.07. The molecule has 0 spiro atoms. The van der Waals surface area contributed by atoms with Crippen LogP contribution in [0.3, 0.4) is 0 Å². The molecule has 0 aliphatic carbocycles. The molecular formula is C12H26N2O. The van der Waals surface area contributed by atoms with Gasteiger partial charge in [-0.15, -0.1) is 0 Å². The third-order valence-corrected chi connectivity index (χ3v) is 3.39. The van der Waals surface area contributed by atoms with Crippen LogP contribution in [0.1, 0.15) is 39.5 Å². The molecule has 0 aromatic carbocycles. The van der Waals surface area contributed by atoms with Gasteiger partial charge in [-0.1, -0.05) is 6.92 Å². The van der Waals surface area contributed by atoms with E-state index < -0.39 is 0 Å². The van der Waals surface area contributed by atoms with E-state index in [0.29, 0.717) is 6.10 Å². The second kappa shape index (κ2) is 7.20. The van der Waals surface area contributed by atoms with Crippen molar-refractivity contribution in [2.75, 3.05) is 26.2 Å². The molecule has 0 aromatic rings. The lowest BCUT2D eigenvalue weighted by Crippen LogP contribution is -2.42. The molecule has 1 heterocycles. The van der Waals surface area contributed by atoms with Crippen LogP contribution in [-0.4, -0.2) is 43.3 Å². The topological polar surface area (TPSA) is 38.5 Å². The summed E-state index contributed by atoms with van der Waals surface area (Å²) >= 11 is 0. The lowest BCUT2D eigenvalue weighted by atomic mass is 10.1. The Balaban J connectivity index is 2.12. The summed E-state index contributed by atoms with van der Waals surface area (Å²) in [6, 6.07) is 0.731. The van der Waals surface area contributed by atoms with Gasteiger partial charge in [-0.2, -0.15) is 0 Å². The maximum absolute atomic E-state index is 5.78. The predicted octanol–water partition coefficient (Wildman–Crippen LogP) is 1.61. The summed E-state index contributed by atoms with van der Waals surface area (Å²) in [4.78, 5) is 2.57. The Bertz CT molecular complexity index is 156. The van der Waals surface area contributed by atoms with Gasteiger partial charge in [0, 0.05) is 25.7 Å². The Morgan fingerprint density at radius 3 is 2.60 bits per heavy atom. The van der Waals surface area contributed by atoms with Gasteiger partial charge in [-0.3, -0.25) is 0 Å². The molecule has 0 bridgehead atoms. The Morgan fingerprint density at radius 1 is 1.40 bits per heavy atom. The maximum atomic E-state index is 5.78. The molecule has 0 aromatic heterocycles. The summed E-state index contributed by atoms with van der Waals surface area (Å²) in [5, 5.41) is 0. The number of nitrogens with two attached hydrogens (primary N) is 1. The van der Waals surface area contributed by atoms with Crippen LogP contribution in [0.4, 0.5) is 0 Å². The van der Waals surface area contributed by atoms with Crippen LogP contribution in [0.2, 0.25) is 0 Å². The molecular weight excluding hydrogens is 188 g/mol. The summed E-state index contributed by atoms with van der Waals surface area (Å²) in [7, 11) is 0. The molecule has 1 fully saturated rings. The fraction of sp³-hybridized carbons (Fsp3) is 1.00. The molecule has 2 N–H and O–H groups in total. The molecule has 0 amide bonds. The van der Waals surface area contributed by atoms with E-state index in [0.717, 1.165) is 25.6 Å². The number of nitrogens with zero attached hydrogens (tertiary/aromatic N) is 1. The van der Waals surface area contributed by atoms with Gasteiger partial charge in [-0.25, -0.2) is 0 Å². The molecule has 1 aliphatic rings. The normalized spacial score (nSPS) is 21.8. The van der Waals surface area contributed by atoms with Crippen LogP contribution < -0.4 is 5.73 Å². The summed E-state index contributed by atoms with van der Waals surface area (Å²) in [6.45, 7) is 8.55. The van der Waals surface area contributed by atoms with Gasteiger partial charge in [0.2, 0.25) is 0 Å². The van der Waals surface area contributed by atoms with Crippen molar-refractivity contribution in [2.24, 2.45) is 5.73 Å². The lowest BCUT2D eigenvalue weighted by Gasteiger charge is -2.35. The SMILES string of the molecule is CCC(C)N1CCC(OCCCN)CC1. The Morgan fingerprint density at radius 2 is 2.07 bits per heavy atom. The lowest BCUT2D eigenvalue weighted by molar-refractivity contribution is -0.000779. The van der Waals surface area contributed by atoms with Crippen molar-refractivity contribution >= 4 is 0 Å². The minimum absolute atomic E-state index is 0.483. The van der Waals surface area contributed by atoms with Crippen LogP contribution in [0.25, 0.3) is 0 Å². The first-order valence-electron chi connectivity index (χ1n) is 6.33. The highest BCUT2D eigenvalue weighted by atomic mass is 16.5. The molecule has 90 valence electrons. The first-order chi connectivity index (χ1) is 7.27. The van der Waals surface area contributed by atoms with Crippen molar-refractivity contribution in [3.63, 3.8) is 0 Å². The highest BCUT2D eigenvalue weighted by molar-refractivity contribution is 4.75. The standard InChI is InChI=1S/C12H26N2O/c1-3-11(2)14-8-5-12(6-9-14)15-10-4-7-13/h11-12H,3-10,13H2,1-2H3. The van der Waals surface area contributed by atoms with Gasteiger partial charge in [-0.05, 0) is 39.2 Å². The third kappa shape index (κ3) is 4.49. The minimum Gasteiger partial charge on any atom is -0.378 e. The van der Waals surface area contributed by atoms with E-state index in [-0.39, 0.29) is 0 Å². The minimum atomic E-state index is 0.483. The van der Waals surface area contributed by atoms with Crippen molar-refractivity contribution < 1.29 is 4.74 Å². The average molecular weight is 214 g/mol. The van der Waals surface area contributed by atoms with Crippen LogP contribution in [0.15, 0.2) is 0 Å². The van der Waals surface area contributed by atoms with E-state index in [1.165, 1.54) is 32.4 Å². The summed E-state index contributed by atoms with van der Waals surface area (Å²) < 4.78 is 5.78. The van der Waals surface area contributed by atoms with Crippen molar-refractivity contribution in [1.82, 2.24) is 4.90 Å². The van der Waals surface area contributed by atoms with E-state index >= 15 is 0 Å². The van der Waals surface area contributed by atoms with E-state index in [4.69, 9.17) is 10.5 Å². The molecule has 0 saturated carbocycles. The Labute approximate surface area is 94.0 Å². The summed E-state index contributed by atoms with van der Waals surface area (Å²) in [6.07, 6.45) is 5.10. The summed E-state index contributed by atoms with van der Waals surface area (Å²) in [5.41, 5.74) is 5.44. The predicted molar refractivity (Wildman–Crippen MR) is 64.0 cm³/mol. The first kappa shape index (κ1) is 12.9. The maximum Gasteiger partial charge on any atom is 0.0599 e. The number of hydrogen-bond donors (Lipinski definition) is 1. The van der Waals surface area contributed by atoms with Crippen LogP contribution >= 0.6 is 0 Å². The third-order valence-electron chi connectivity index (χ3n) is 3.39. The van der Waals surface area contributed by atoms with Crippen LogP contribution in [0.5, 0.6) is 0 Å². The largest absolute Gasteiger partial charge is 0.378 e. The molecule has 1 saturated heterocycles. The zero-order valence-corrected chi connectivity index (χ0v) is 10.2. The monoisotopic (exact) mass is 214 g/mol. The summed E-state index contributed by atoms with van der Waals surface area (Å²) in [5.74, 6) is 0. The molecule has 3 nitrogen and oxygen atoms in total. The quantitative estimate of drug-likeness (QED) is 0.683. The van der Waals surface area contributed by atoms with Crippen molar-refractivity contribution in [2.45, 2.75) is 51.7 Å². The van der Waals surface area contributed by atoms with E-state index in [1.54, 1.807) is 0 Å².